The fourth-order valence-corrected chi connectivity index (χ4v) is 2.91. The summed E-state index contributed by atoms with van der Waals surface area (Å²) >= 11 is 5.49. The zero-order valence-electron chi connectivity index (χ0n) is 11.8. The third-order valence-corrected chi connectivity index (χ3v) is 4.30. The number of nitrogens with zero attached hydrogens (tertiary/aromatic N) is 2. The molecule has 0 atom stereocenters. The van der Waals surface area contributed by atoms with Crippen molar-refractivity contribution in [1.29, 1.82) is 5.26 Å². The normalized spacial score (nSPS) is 9.73. The number of nitriles is 1. The van der Waals surface area contributed by atoms with E-state index in [9.17, 15) is 4.79 Å². The molecule has 0 amide bonds. The number of ether oxygens (including phenoxy) is 1. The van der Waals surface area contributed by atoms with E-state index in [0.29, 0.717) is 15.9 Å². The Morgan fingerprint density at radius 2 is 2.23 bits per heavy atom. The van der Waals surface area contributed by atoms with Crippen molar-refractivity contribution in [1.82, 2.24) is 4.57 Å². The van der Waals surface area contributed by atoms with Crippen LogP contribution in [0.4, 0.5) is 0 Å². The summed E-state index contributed by atoms with van der Waals surface area (Å²) in [6, 6.07) is 12.2. The van der Waals surface area contributed by atoms with Crippen molar-refractivity contribution < 1.29 is 37.4 Å². The minimum Gasteiger partial charge on any atom is -0.479 e. The molecule has 0 saturated heterocycles. The zero-order chi connectivity index (χ0) is 15.4. The van der Waals surface area contributed by atoms with Crippen LogP contribution in [0.25, 0.3) is 11.3 Å². The molecule has 22 heavy (non-hydrogen) atoms. The summed E-state index contributed by atoms with van der Waals surface area (Å²) in [6.45, 7) is 2.49. The van der Waals surface area contributed by atoms with Crippen LogP contribution in [-0.2, 0) is 39.3 Å². The van der Waals surface area contributed by atoms with E-state index in [1.54, 1.807) is 22.8 Å². The maximum absolute atomic E-state index is 12.2. The number of pyridine rings is 1. The average Bonchev–Trinajstić information content (AvgIpc) is 2.48. The summed E-state index contributed by atoms with van der Waals surface area (Å²) in [5, 5.41) is 8.52. The Labute approximate surface area is 176 Å². The maximum atomic E-state index is 12.2. The van der Waals surface area contributed by atoms with Crippen molar-refractivity contribution in [2.45, 2.75) is 13.5 Å². The van der Waals surface area contributed by atoms with Gasteiger partial charge in [-0.15, -0.1) is 28.7 Å². The number of halogens is 2. The van der Waals surface area contributed by atoms with Gasteiger partial charge >= 0.3 is 0 Å². The number of aromatic nitrogens is 1. The van der Waals surface area contributed by atoms with Crippen LogP contribution in [0.2, 0.25) is 0 Å². The Morgan fingerprint density at radius 1 is 1.50 bits per heavy atom. The van der Waals surface area contributed by atoms with Crippen LogP contribution in [0.5, 0.6) is 5.75 Å². The van der Waals surface area contributed by atoms with Crippen LogP contribution < -0.4 is 10.3 Å². The van der Waals surface area contributed by atoms with Gasteiger partial charge in [-0.05, 0) is 27.1 Å². The Balaban J connectivity index is 0.00000242. The molecule has 4 nitrogen and oxygen atoms in total. The Morgan fingerprint density at radius 3 is 2.82 bits per heavy atom. The largest absolute Gasteiger partial charge is 0.479 e. The van der Waals surface area contributed by atoms with E-state index >= 15 is 0 Å². The standard InChI is InChI=1S/C15H11BrIN2O2.Y/c1-2-19-14(6-5-13(17)15(19)20)11-4-3-10(9-12(11)16)21-8-7-18;/h3-5,9H,2,8H2,1H3;/q-1;. The minimum absolute atomic E-state index is 0. The molecule has 2 aromatic rings. The molecule has 1 aromatic carbocycles. The molecule has 0 aliphatic carbocycles. The molecule has 0 aliphatic heterocycles. The Kier molecular flexibility index (Phi) is 8.25. The molecule has 0 saturated carbocycles. The van der Waals surface area contributed by atoms with Gasteiger partial charge in [0.1, 0.15) is 11.8 Å². The number of rotatable bonds is 4. The van der Waals surface area contributed by atoms with Gasteiger partial charge in [0, 0.05) is 39.3 Å². The van der Waals surface area contributed by atoms with Gasteiger partial charge in [-0.2, -0.15) is 17.4 Å². The van der Waals surface area contributed by atoms with E-state index in [2.05, 4.69) is 22.0 Å². The van der Waals surface area contributed by atoms with E-state index in [1.807, 2.05) is 41.7 Å². The first-order valence-electron chi connectivity index (χ1n) is 6.19. The summed E-state index contributed by atoms with van der Waals surface area (Å²) in [7, 11) is 0. The maximum Gasteiger partial charge on any atom is 0.207 e. The number of hydrogen-bond acceptors (Lipinski definition) is 3. The van der Waals surface area contributed by atoms with Gasteiger partial charge in [0.15, 0.2) is 6.61 Å². The van der Waals surface area contributed by atoms with Gasteiger partial charge in [0.2, 0.25) is 5.56 Å². The molecule has 7 heteroatoms. The molecule has 2 rings (SSSR count). The van der Waals surface area contributed by atoms with Gasteiger partial charge < -0.3 is 9.30 Å². The molecule has 111 valence electrons. The van der Waals surface area contributed by atoms with Crippen LogP contribution >= 0.6 is 38.5 Å². The molecular weight excluding hydrogens is 536 g/mol. The molecule has 0 unspecified atom stereocenters. The quantitative estimate of drug-likeness (QED) is 0.435. The van der Waals surface area contributed by atoms with Gasteiger partial charge in [-0.1, -0.05) is 27.2 Å². The summed E-state index contributed by atoms with van der Waals surface area (Å²) in [5.41, 5.74) is 1.56. The van der Waals surface area contributed by atoms with Gasteiger partial charge in [0.25, 0.3) is 0 Å². The Bertz CT molecular complexity index is 771. The third-order valence-electron chi connectivity index (χ3n) is 2.87. The smallest absolute Gasteiger partial charge is 0.207 e. The van der Waals surface area contributed by atoms with Crippen molar-refractivity contribution in [3.05, 3.63) is 48.7 Å². The van der Waals surface area contributed by atoms with Crippen molar-refractivity contribution in [2.24, 2.45) is 0 Å². The molecule has 0 N–H and O–H groups in total. The molecular formula is C15H11BrIN2O2Y-. The SMILES string of the molecule is CCn1c(-c2ccc(OCC#N)cc2Br)[c-]cc(I)c1=O.[Y]. The van der Waals surface area contributed by atoms with E-state index in [4.69, 9.17) is 10.00 Å². The summed E-state index contributed by atoms with van der Waals surface area (Å²) in [5.74, 6) is 0.600. The zero-order valence-corrected chi connectivity index (χ0v) is 18.3. The van der Waals surface area contributed by atoms with Crippen LogP contribution in [0, 0.1) is 21.0 Å². The second kappa shape index (κ2) is 9.16. The van der Waals surface area contributed by atoms with Gasteiger partial charge in [-0.25, -0.2) is 0 Å². The molecule has 0 spiro atoms. The monoisotopic (exact) mass is 546 g/mol. The second-order valence-corrected chi connectivity index (χ2v) is 6.14. The second-order valence-electron chi connectivity index (χ2n) is 4.12. The van der Waals surface area contributed by atoms with Gasteiger partial charge in [0.05, 0.1) is 0 Å². The predicted octanol–water partition coefficient (Wildman–Crippen LogP) is 3.60. The van der Waals surface area contributed by atoms with Crippen LogP contribution in [0.15, 0.2) is 33.5 Å². The molecule has 1 aromatic heterocycles. The van der Waals surface area contributed by atoms with E-state index in [-0.39, 0.29) is 44.9 Å². The minimum atomic E-state index is -0.0245. The fourth-order valence-electron chi connectivity index (χ4n) is 1.92. The topological polar surface area (TPSA) is 55.0 Å². The van der Waals surface area contributed by atoms with Crippen LogP contribution in [0.3, 0.4) is 0 Å². The molecule has 1 radical (unpaired) electrons. The first-order valence-corrected chi connectivity index (χ1v) is 8.06. The fraction of sp³-hybridized carbons (Fsp3) is 0.200. The van der Waals surface area contributed by atoms with Crippen LogP contribution in [0.1, 0.15) is 6.92 Å². The Hall–Kier alpha value is -0.226. The van der Waals surface area contributed by atoms with Gasteiger partial charge in [-0.3, -0.25) is 4.79 Å². The van der Waals surface area contributed by atoms with E-state index in [0.717, 1.165) is 15.7 Å². The average molecular weight is 547 g/mol. The van der Waals surface area contributed by atoms with Crippen molar-refractivity contribution >= 4 is 38.5 Å². The summed E-state index contributed by atoms with van der Waals surface area (Å²) in [6.07, 6.45) is 0. The van der Waals surface area contributed by atoms with Crippen molar-refractivity contribution in [3.8, 4) is 23.1 Å². The summed E-state index contributed by atoms with van der Waals surface area (Å²) < 4.78 is 8.36. The number of benzene rings is 1. The molecule has 0 fully saturated rings. The molecule has 0 aliphatic rings. The number of hydrogen-bond donors (Lipinski definition) is 0. The van der Waals surface area contributed by atoms with E-state index < -0.39 is 0 Å². The van der Waals surface area contributed by atoms with Crippen molar-refractivity contribution in [3.63, 3.8) is 0 Å². The summed E-state index contributed by atoms with van der Waals surface area (Å²) in [4.78, 5) is 12.2. The van der Waals surface area contributed by atoms with Crippen LogP contribution in [-0.4, -0.2) is 11.2 Å². The van der Waals surface area contributed by atoms with Crippen molar-refractivity contribution in [2.75, 3.05) is 6.61 Å². The third kappa shape index (κ3) is 4.41. The predicted molar refractivity (Wildman–Crippen MR) is 92.2 cm³/mol. The molecule has 1 heterocycles. The first-order chi connectivity index (χ1) is 10.1. The van der Waals surface area contributed by atoms with E-state index in [1.165, 1.54) is 0 Å². The molecule has 0 bridgehead atoms. The first kappa shape index (κ1) is 19.8.